The number of hydrogen-bond acceptors (Lipinski definition) is 3. The quantitative estimate of drug-likeness (QED) is 0.763. The predicted molar refractivity (Wildman–Crippen MR) is 105 cm³/mol. The number of fused-ring (bicyclic) bond motifs is 1. The van der Waals surface area contributed by atoms with Crippen LogP contribution in [0.4, 0.5) is 23.2 Å². The molecule has 1 amide bonds. The topological polar surface area (TPSA) is 54.3 Å². The molecule has 5 nitrogen and oxygen atoms in total. The van der Waals surface area contributed by atoms with Crippen LogP contribution in [0.15, 0.2) is 23.1 Å². The molecule has 1 aromatic heterocycles. The molecule has 30 heavy (non-hydrogen) atoms. The second kappa shape index (κ2) is 6.99. The molecule has 1 atom stereocenters. The summed E-state index contributed by atoms with van der Waals surface area (Å²) in [5, 5.41) is 2.39. The van der Waals surface area contributed by atoms with Crippen molar-refractivity contribution in [1.29, 1.82) is 0 Å². The number of carbonyl (C=O) groups is 1. The van der Waals surface area contributed by atoms with Gasteiger partial charge in [0, 0.05) is 42.7 Å². The summed E-state index contributed by atoms with van der Waals surface area (Å²) < 4.78 is 55.2. The number of nitrogens with zero attached hydrogens (tertiary/aromatic N) is 2. The maximum atomic E-state index is 15.1. The molecule has 4 rings (SSSR count). The Morgan fingerprint density at radius 3 is 2.63 bits per heavy atom. The number of hydrogen-bond donors (Lipinski definition) is 1. The summed E-state index contributed by atoms with van der Waals surface area (Å²) in [6.07, 6.45) is -1.09. The molecule has 2 aliphatic rings. The van der Waals surface area contributed by atoms with Gasteiger partial charge < -0.3 is 14.8 Å². The number of rotatable bonds is 4. The van der Waals surface area contributed by atoms with E-state index in [-0.39, 0.29) is 23.0 Å². The second-order valence-corrected chi connectivity index (χ2v) is 8.37. The van der Waals surface area contributed by atoms with Crippen molar-refractivity contribution in [2.45, 2.75) is 51.9 Å². The third-order valence-electron chi connectivity index (χ3n) is 6.31. The molecule has 0 bridgehead atoms. The molecule has 1 aromatic carbocycles. The standard InChI is InChI=1S/C21H23F4N3O2/c1-3-7-27-8-4-15(29)13-9-14(22)18(12(2)17(13)27)28-10-16(20(11-28)5-6-20)26-19(30)21(23,24)25/h4,8-9,16H,3,5-7,10-11H2,1-2H3,(H,26,30)/t16-/m1/s1. The van der Waals surface area contributed by atoms with Crippen molar-refractivity contribution in [3.05, 3.63) is 39.9 Å². The largest absolute Gasteiger partial charge is 0.471 e. The average Bonchev–Trinajstić information content (AvgIpc) is 3.34. The second-order valence-electron chi connectivity index (χ2n) is 8.37. The van der Waals surface area contributed by atoms with Crippen LogP contribution < -0.4 is 15.6 Å². The number of nitrogens with one attached hydrogen (secondary N) is 1. The number of anilines is 1. The molecule has 0 unspecified atom stereocenters. The van der Waals surface area contributed by atoms with Gasteiger partial charge in [0.15, 0.2) is 5.43 Å². The van der Waals surface area contributed by atoms with E-state index in [4.69, 9.17) is 0 Å². The van der Waals surface area contributed by atoms with Crippen LogP contribution in [0.3, 0.4) is 0 Å². The number of alkyl halides is 3. The van der Waals surface area contributed by atoms with Crippen LogP contribution in [0.2, 0.25) is 0 Å². The fourth-order valence-electron chi connectivity index (χ4n) is 4.70. The predicted octanol–water partition coefficient (Wildman–Crippen LogP) is 3.51. The highest BCUT2D eigenvalue weighted by Crippen LogP contribution is 2.54. The Hall–Kier alpha value is -2.58. The first-order chi connectivity index (χ1) is 14.1. The highest BCUT2D eigenvalue weighted by molar-refractivity contribution is 5.88. The fourth-order valence-corrected chi connectivity index (χ4v) is 4.70. The lowest BCUT2D eigenvalue weighted by Crippen LogP contribution is -2.47. The van der Waals surface area contributed by atoms with E-state index in [0.29, 0.717) is 37.0 Å². The Morgan fingerprint density at radius 2 is 2.03 bits per heavy atom. The number of carbonyl (C=O) groups excluding carboxylic acids is 1. The Kier molecular flexibility index (Phi) is 4.82. The zero-order chi connectivity index (χ0) is 21.8. The van der Waals surface area contributed by atoms with E-state index in [1.807, 2.05) is 11.5 Å². The highest BCUT2D eigenvalue weighted by atomic mass is 19.4. The molecular weight excluding hydrogens is 402 g/mol. The minimum absolute atomic E-state index is 0.0932. The molecule has 2 heterocycles. The van der Waals surface area contributed by atoms with Crippen molar-refractivity contribution in [2.24, 2.45) is 5.41 Å². The van der Waals surface area contributed by atoms with Crippen molar-refractivity contribution in [1.82, 2.24) is 9.88 Å². The van der Waals surface area contributed by atoms with Crippen molar-refractivity contribution >= 4 is 22.5 Å². The van der Waals surface area contributed by atoms with Crippen LogP contribution in [0.1, 0.15) is 31.7 Å². The monoisotopic (exact) mass is 425 g/mol. The van der Waals surface area contributed by atoms with Crippen LogP contribution in [-0.2, 0) is 11.3 Å². The zero-order valence-corrected chi connectivity index (χ0v) is 16.8. The van der Waals surface area contributed by atoms with Gasteiger partial charge in [-0.2, -0.15) is 13.2 Å². The molecule has 0 radical (unpaired) electrons. The van der Waals surface area contributed by atoms with E-state index in [0.717, 1.165) is 6.42 Å². The number of aromatic nitrogens is 1. The summed E-state index contributed by atoms with van der Waals surface area (Å²) in [5.74, 6) is -2.54. The molecule has 162 valence electrons. The molecule has 9 heteroatoms. The molecule has 1 spiro atoms. The van der Waals surface area contributed by atoms with Gasteiger partial charge in [-0.25, -0.2) is 4.39 Å². The lowest BCUT2D eigenvalue weighted by atomic mass is 10.0. The van der Waals surface area contributed by atoms with Gasteiger partial charge in [-0.3, -0.25) is 9.59 Å². The Morgan fingerprint density at radius 1 is 1.33 bits per heavy atom. The van der Waals surface area contributed by atoms with Crippen LogP contribution in [0, 0.1) is 18.2 Å². The van der Waals surface area contributed by atoms with Gasteiger partial charge >= 0.3 is 12.1 Å². The van der Waals surface area contributed by atoms with Crippen molar-refractivity contribution in [3.63, 3.8) is 0 Å². The van der Waals surface area contributed by atoms with Gasteiger partial charge in [0.25, 0.3) is 0 Å². The van der Waals surface area contributed by atoms with Gasteiger partial charge in [0.2, 0.25) is 0 Å². The molecule has 1 N–H and O–H groups in total. The van der Waals surface area contributed by atoms with E-state index in [1.165, 1.54) is 12.1 Å². The molecule has 2 aromatic rings. The van der Waals surface area contributed by atoms with Crippen LogP contribution in [-0.4, -0.2) is 35.8 Å². The van der Waals surface area contributed by atoms with Gasteiger partial charge in [-0.05, 0) is 37.8 Å². The zero-order valence-electron chi connectivity index (χ0n) is 16.8. The molecule has 1 aliphatic heterocycles. The number of benzene rings is 1. The minimum atomic E-state index is -4.95. The van der Waals surface area contributed by atoms with Gasteiger partial charge in [-0.15, -0.1) is 0 Å². The van der Waals surface area contributed by atoms with Crippen LogP contribution >= 0.6 is 0 Å². The molecule has 1 saturated heterocycles. The van der Waals surface area contributed by atoms with E-state index in [2.05, 4.69) is 5.32 Å². The van der Waals surface area contributed by atoms with E-state index in [1.54, 1.807) is 18.0 Å². The maximum absolute atomic E-state index is 15.1. The summed E-state index contributed by atoms with van der Waals surface area (Å²) in [4.78, 5) is 25.5. The highest BCUT2D eigenvalue weighted by Gasteiger charge is 2.57. The smallest absolute Gasteiger partial charge is 0.366 e. The van der Waals surface area contributed by atoms with E-state index < -0.39 is 29.4 Å². The first-order valence-electron chi connectivity index (χ1n) is 10.0. The lowest BCUT2D eigenvalue weighted by molar-refractivity contribution is -0.174. The van der Waals surface area contributed by atoms with Crippen LogP contribution in [0.5, 0.6) is 0 Å². The molecule has 2 fully saturated rings. The number of aryl methyl sites for hydroxylation is 2. The van der Waals surface area contributed by atoms with Crippen LogP contribution in [0.25, 0.3) is 10.9 Å². The first-order valence-corrected chi connectivity index (χ1v) is 10.0. The third kappa shape index (κ3) is 3.33. The van der Waals surface area contributed by atoms with Crippen molar-refractivity contribution < 1.29 is 22.4 Å². The molecular formula is C21H23F4N3O2. The maximum Gasteiger partial charge on any atom is 0.471 e. The number of pyridine rings is 1. The Bertz CT molecular complexity index is 1070. The van der Waals surface area contributed by atoms with Crippen molar-refractivity contribution in [3.8, 4) is 0 Å². The van der Waals surface area contributed by atoms with E-state index >= 15 is 4.39 Å². The molecule has 1 saturated carbocycles. The third-order valence-corrected chi connectivity index (χ3v) is 6.31. The van der Waals surface area contributed by atoms with Gasteiger partial charge in [0.05, 0.1) is 17.2 Å². The molecule has 1 aliphatic carbocycles. The summed E-state index contributed by atoms with van der Waals surface area (Å²) in [6.45, 7) is 4.83. The van der Waals surface area contributed by atoms with Crippen molar-refractivity contribution in [2.75, 3.05) is 18.0 Å². The normalized spacial score (nSPS) is 20.2. The minimum Gasteiger partial charge on any atom is -0.366 e. The summed E-state index contributed by atoms with van der Waals surface area (Å²) in [7, 11) is 0. The average molecular weight is 425 g/mol. The Balaban J connectivity index is 1.74. The van der Waals surface area contributed by atoms with E-state index in [9.17, 15) is 22.8 Å². The summed E-state index contributed by atoms with van der Waals surface area (Å²) >= 11 is 0. The lowest BCUT2D eigenvalue weighted by Gasteiger charge is -2.24. The van der Waals surface area contributed by atoms with Gasteiger partial charge in [-0.1, -0.05) is 6.92 Å². The SMILES string of the molecule is CCCn1ccc(=O)c2cc(F)c(N3C[C@@H](NC(=O)C(F)(F)F)C4(CC4)C3)c(C)c21. The van der Waals surface area contributed by atoms with Gasteiger partial charge in [0.1, 0.15) is 5.82 Å². The number of halogens is 4. The summed E-state index contributed by atoms with van der Waals surface area (Å²) in [5.41, 5.74) is 0.756. The Labute approximate surface area is 170 Å². The number of amides is 1. The first kappa shape index (κ1) is 20.7. The fraction of sp³-hybridized carbons (Fsp3) is 0.524. The summed E-state index contributed by atoms with van der Waals surface area (Å²) in [6, 6.07) is 1.93.